The van der Waals surface area contributed by atoms with Gasteiger partial charge in [-0.1, -0.05) is 24.3 Å². The van der Waals surface area contributed by atoms with E-state index in [9.17, 15) is 26.4 Å². The van der Waals surface area contributed by atoms with Crippen LogP contribution in [0.1, 0.15) is 39.4 Å². The highest BCUT2D eigenvalue weighted by atomic mass is 32.2. The summed E-state index contributed by atoms with van der Waals surface area (Å²) in [6, 6.07) is 9.51. The van der Waals surface area contributed by atoms with Crippen LogP contribution in [0.15, 0.2) is 42.5 Å². The Labute approximate surface area is 161 Å². The molecule has 2 aromatic rings. The third kappa shape index (κ3) is 4.64. The average molecular weight is 412 g/mol. The van der Waals surface area contributed by atoms with Crippen LogP contribution in [0.5, 0.6) is 0 Å². The molecule has 3 rings (SSSR count). The van der Waals surface area contributed by atoms with Crippen molar-refractivity contribution >= 4 is 21.6 Å². The number of nitrogens with one attached hydrogen (secondary N) is 2. The maximum atomic E-state index is 13.2. The molecule has 0 bridgehead atoms. The number of rotatable bonds is 5. The average Bonchev–Trinajstić information content (AvgIpc) is 3.34. The van der Waals surface area contributed by atoms with Crippen LogP contribution in [0.2, 0.25) is 0 Å². The standard InChI is InChI=1S/C19H19F3N2O3S/c1-11-7-8-12(9-16(11)24-28(2,26)27)18(25)23-17-10-14(17)13-5-3-4-6-15(13)19(20,21)22/h3-9,14,17,24H,10H2,1-2H3,(H,23,25)/t14-,17-/m0/s1. The number of sulfonamides is 1. The lowest BCUT2D eigenvalue weighted by atomic mass is 10.0. The molecule has 0 spiro atoms. The quantitative estimate of drug-likeness (QED) is 0.787. The zero-order valence-corrected chi connectivity index (χ0v) is 16.0. The second-order valence-electron chi connectivity index (χ2n) is 6.91. The highest BCUT2D eigenvalue weighted by molar-refractivity contribution is 7.92. The van der Waals surface area contributed by atoms with Crippen molar-refractivity contribution in [2.24, 2.45) is 0 Å². The molecule has 5 nitrogen and oxygen atoms in total. The normalized spacial score (nSPS) is 19.2. The monoisotopic (exact) mass is 412 g/mol. The molecule has 1 aliphatic carbocycles. The minimum atomic E-state index is -4.45. The molecule has 28 heavy (non-hydrogen) atoms. The Morgan fingerprint density at radius 3 is 2.46 bits per heavy atom. The van der Waals surface area contributed by atoms with Gasteiger partial charge >= 0.3 is 6.18 Å². The van der Waals surface area contributed by atoms with Gasteiger partial charge in [0.05, 0.1) is 17.5 Å². The summed E-state index contributed by atoms with van der Waals surface area (Å²) in [5.74, 6) is -0.866. The van der Waals surface area contributed by atoms with E-state index in [1.165, 1.54) is 18.2 Å². The number of aryl methyl sites for hydroxylation is 1. The van der Waals surface area contributed by atoms with Crippen molar-refractivity contribution in [1.82, 2.24) is 5.32 Å². The lowest BCUT2D eigenvalue weighted by Gasteiger charge is -2.13. The molecular weight excluding hydrogens is 393 g/mol. The Balaban J connectivity index is 1.74. The number of benzene rings is 2. The van der Waals surface area contributed by atoms with E-state index in [4.69, 9.17) is 0 Å². The van der Waals surface area contributed by atoms with Gasteiger partial charge in [-0.3, -0.25) is 9.52 Å². The molecule has 0 heterocycles. The van der Waals surface area contributed by atoms with Crippen molar-refractivity contribution < 1.29 is 26.4 Å². The summed E-state index contributed by atoms with van der Waals surface area (Å²) in [6.45, 7) is 1.69. The van der Waals surface area contributed by atoms with Gasteiger partial charge < -0.3 is 5.32 Å². The van der Waals surface area contributed by atoms with Gasteiger partial charge in [-0.25, -0.2) is 8.42 Å². The van der Waals surface area contributed by atoms with Crippen LogP contribution in [0.3, 0.4) is 0 Å². The van der Waals surface area contributed by atoms with E-state index in [1.54, 1.807) is 25.1 Å². The summed E-state index contributed by atoms with van der Waals surface area (Å²) < 4.78 is 64.7. The van der Waals surface area contributed by atoms with Crippen LogP contribution in [-0.2, 0) is 16.2 Å². The van der Waals surface area contributed by atoms with Crippen molar-refractivity contribution in [2.45, 2.75) is 31.5 Å². The van der Waals surface area contributed by atoms with E-state index in [0.717, 1.165) is 12.3 Å². The predicted octanol–water partition coefficient (Wildman–Crippen LogP) is 3.67. The third-order valence-corrected chi connectivity index (χ3v) is 5.16. The van der Waals surface area contributed by atoms with E-state index in [-0.39, 0.29) is 16.8 Å². The van der Waals surface area contributed by atoms with Gasteiger partial charge in [0.1, 0.15) is 0 Å². The molecule has 0 aromatic heterocycles. The van der Waals surface area contributed by atoms with Gasteiger partial charge in [-0.15, -0.1) is 0 Å². The molecule has 1 amide bonds. The van der Waals surface area contributed by atoms with Crippen molar-refractivity contribution in [3.05, 3.63) is 64.7 Å². The van der Waals surface area contributed by atoms with Crippen LogP contribution in [0.25, 0.3) is 0 Å². The highest BCUT2D eigenvalue weighted by Gasteiger charge is 2.44. The summed E-state index contributed by atoms with van der Waals surface area (Å²) in [5, 5.41) is 2.72. The van der Waals surface area contributed by atoms with Crippen LogP contribution >= 0.6 is 0 Å². The lowest BCUT2D eigenvalue weighted by molar-refractivity contribution is -0.138. The van der Waals surface area contributed by atoms with Gasteiger partial charge in [-0.2, -0.15) is 13.2 Å². The molecule has 0 unspecified atom stereocenters. The molecule has 9 heteroatoms. The third-order valence-electron chi connectivity index (χ3n) is 4.57. The number of carbonyl (C=O) groups is 1. The van der Waals surface area contributed by atoms with Gasteiger partial charge in [0.2, 0.25) is 10.0 Å². The van der Waals surface area contributed by atoms with Crippen LogP contribution in [0, 0.1) is 6.92 Å². The minimum absolute atomic E-state index is 0.170. The molecule has 0 saturated heterocycles. The predicted molar refractivity (Wildman–Crippen MR) is 99.7 cm³/mol. The fourth-order valence-electron chi connectivity index (χ4n) is 3.10. The summed E-state index contributed by atoms with van der Waals surface area (Å²) in [6.07, 6.45) is -3.03. The Morgan fingerprint density at radius 2 is 1.82 bits per heavy atom. The molecular formula is C19H19F3N2O3S. The summed E-state index contributed by atoms with van der Waals surface area (Å²) in [7, 11) is -3.50. The molecule has 0 radical (unpaired) electrons. The maximum Gasteiger partial charge on any atom is 0.416 e. The van der Waals surface area contributed by atoms with Gasteiger partial charge in [0.25, 0.3) is 5.91 Å². The SMILES string of the molecule is Cc1ccc(C(=O)N[C@H]2C[C@H]2c2ccccc2C(F)(F)F)cc1NS(C)(=O)=O. The van der Waals surface area contributed by atoms with Crippen LogP contribution in [0.4, 0.5) is 18.9 Å². The van der Waals surface area contributed by atoms with Crippen molar-refractivity contribution in [1.29, 1.82) is 0 Å². The number of hydrogen-bond donors (Lipinski definition) is 2. The van der Waals surface area contributed by atoms with Gasteiger partial charge in [0, 0.05) is 17.5 Å². The van der Waals surface area contributed by atoms with E-state index in [2.05, 4.69) is 10.0 Å². The Morgan fingerprint density at radius 1 is 1.14 bits per heavy atom. The van der Waals surface area contributed by atoms with Crippen molar-refractivity contribution in [2.75, 3.05) is 11.0 Å². The van der Waals surface area contributed by atoms with Crippen LogP contribution in [-0.4, -0.2) is 26.6 Å². The molecule has 1 aliphatic rings. The van der Waals surface area contributed by atoms with E-state index in [1.807, 2.05) is 0 Å². The molecule has 2 N–H and O–H groups in total. The number of alkyl halides is 3. The Hall–Kier alpha value is -2.55. The molecule has 2 atom stereocenters. The number of amides is 1. The largest absolute Gasteiger partial charge is 0.416 e. The smallest absolute Gasteiger partial charge is 0.349 e. The first kappa shape index (κ1) is 20.2. The first-order valence-electron chi connectivity index (χ1n) is 8.51. The zero-order chi connectivity index (χ0) is 20.7. The molecule has 0 aliphatic heterocycles. The van der Waals surface area contributed by atoms with Crippen LogP contribution < -0.4 is 10.0 Å². The van der Waals surface area contributed by atoms with Gasteiger partial charge in [-0.05, 0) is 42.7 Å². The summed E-state index contributed by atoms with van der Waals surface area (Å²) in [4.78, 5) is 12.5. The Kier molecular flexibility index (Phi) is 5.14. The zero-order valence-electron chi connectivity index (χ0n) is 15.2. The molecule has 2 aromatic carbocycles. The highest BCUT2D eigenvalue weighted by Crippen LogP contribution is 2.46. The Bertz CT molecular complexity index is 1020. The molecule has 1 fully saturated rings. The fourth-order valence-corrected chi connectivity index (χ4v) is 3.72. The summed E-state index contributed by atoms with van der Waals surface area (Å²) in [5.41, 5.74) is 0.636. The maximum absolute atomic E-state index is 13.2. The number of anilines is 1. The van der Waals surface area contributed by atoms with E-state index < -0.39 is 39.6 Å². The van der Waals surface area contributed by atoms with E-state index >= 15 is 0 Å². The topological polar surface area (TPSA) is 75.3 Å². The second-order valence-corrected chi connectivity index (χ2v) is 8.66. The molecule has 150 valence electrons. The van der Waals surface area contributed by atoms with Crippen molar-refractivity contribution in [3.63, 3.8) is 0 Å². The number of halogens is 3. The van der Waals surface area contributed by atoms with Crippen molar-refractivity contribution in [3.8, 4) is 0 Å². The van der Waals surface area contributed by atoms with Gasteiger partial charge in [0.15, 0.2) is 0 Å². The lowest BCUT2D eigenvalue weighted by Crippen LogP contribution is -2.27. The second kappa shape index (κ2) is 7.12. The number of hydrogen-bond acceptors (Lipinski definition) is 3. The van der Waals surface area contributed by atoms with E-state index in [0.29, 0.717) is 12.0 Å². The first-order valence-corrected chi connectivity index (χ1v) is 10.4. The number of carbonyl (C=O) groups excluding carboxylic acids is 1. The molecule has 1 saturated carbocycles. The summed E-state index contributed by atoms with van der Waals surface area (Å²) >= 11 is 0. The fraction of sp³-hybridized carbons (Fsp3) is 0.316. The minimum Gasteiger partial charge on any atom is -0.349 e. The first-order chi connectivity index (χ1) is 13.0.